The zero-order chi connectivity index (χ0) is 22.8. The van der Waals surface area contributed by atoms with Gasteiger partial charge in [-0.1, -0.05) is 43.4 Å². The highest BCUT2D eigenvalue weighted by atomic mass is 32.1. The zero-order valence-electron chi connectivity index (χ0n) is 18.4. The molecule has 0 saturated heterocycles. The van der Waals surface area contributed by atoms with E-state index in [1.54, 1.807) is 0 Å². The molecule has 0 atom stereocenters. The quantitative estimate of drug-likeness (QED) is 0.370. The van der Waals surface area contributed by atoms with Gasteiger partial charge in [0.25, 0.3) is 5.56 Å². The van der Waals surface area contributed by atoms with E-state index >= 15 is 0 Å². The number of fused-ring (bicyclic) bond motifs is 1. The molecule has 0 aliphatic rings. The molecule has 0 saturated carbocycles. The summed E-state index contributed by atoms with van der Waals surface area (Å²) in [5.74, 6) is 1.44. The number of thiazole rings is 1. The van der Waals surface area contributed by atoms with Crippen LogP contribution in [-0.2, 0) is 0 Å². The van der Waals surface area contributed by atoms with Crippen molar-refractivity contribution < 1.29 is 4.74 Å². The van der Waals surface area contributed by atoms with Crippen molar-refractivity contribution in [2.75, 3.05) is 6.61 Å². The highest BCUT2D eigenvalue weighted by Gasteiger charge is 2.13. The summed E-state index contributed by atoms with van der Waals surface area (Å²) in [6, 6.07) is 17.8. The molecular weight excluding hydrogens is 434 g/mol. The van der Waals surface area contributed by atoms with Crippen LogP contribution in [0.1, 0.15) is 25.8 Å². The lowest BCUT2D eigenvalue weighted by atomic mass is 10.1. The molecular formula is C25H23N5O2S. The van der Waals surface area contributed by atoms with E-state index < -0.39 is 0 Å². The Morgan fingerprint density at radius 1 is 1.09 bits per heavy atom. The molecule has 0 aliphatic carbocycles. The molecule has 33 heavy (non-hydrogen) atoms. The second kappa shape index (κ2) is 8.99. The summed E-state index contributed by atoms with van der Waals surface area (Å²) >= 11 is 1.31. The number of aromatic nitrogens is 5. The average Bonchev–Trinajstić information content (AvgIpc) is 3.52. The Bertz CT molecular complexity index is 1480. The fraction of sp³-hybridized carbons (Fsp3) is 0.200. The van der Waals surface area contributed by atoms with Crippen molar-refractivity contribution in [1.82, 2.24) is 24.4 Å². The minimum absolute atomic E-state index is 0.181. The first-order valence-corrected chi connectivity index (χ1v) is 11.6. The van der Waals surface area contributed by atoms with Crippen molar-refractivity contribution in [3.63, 3.8) is 0 Å². The van der Waals surface area contributed by atoms with Crippen LogP contribution in [0.5, 0.6) is 5.75 Å². The van der Waals surface area contributed by atoms with E-state index in [0.29, 0.717) is 22.0 Å². The van der Waals surface area contributed by atoms with Crippen LogP contribution in [0.15, 0.2) is 71.9 Å². The lowest BCUT2D eigenvalue weighted by Gasteiger charge is -2.08. The van der Waals surface area contributed by atoms with Crippen LogP contribution in [0.3, 0.4) is 0 Å². The van der Waals surface area contributed by atoms with E-state index in [9.17, 15) is 4.79 Å². The van der Waals surface area contributed by atoms with E-state index in [-0.39, 0.29) is 5.56 Å². The topological polar surface area (TPSA) is 74.3 Å². The summed E-state index contributed by atoms with van der Waals surface area (Å²) in [5.41, 5.74) is 3.33. The largest absolute Gasteiger partial charge is 0.494 e. The smallest absolute Gasteiger partial charge is 0.291 e. The van der Waals surface area contributed by atoms with Gasteiger partial charge in [0.05, 0.1) is 16.8 Å². The molecule has 5 rings (SSSR count). The van der Waals surface area contributed by atoms with Crippen molar-refractivity contribution in [3.8, 4) is 22.7 Å². The minimum atomic E-state index is -0.181. The number of hydrogen-bond donors (Lipinski definition) is 0. The second-order valence-electron chi connectivity index (χ2n) is 8.14. The van der Waals surface area contributed by atoms with Crippen LogP contribution in [0.4, 0.5) is 0 Å². The second-order valence-corrected chi connectivity index (χ2v) is 9.15. The fourth-order valence-electron chi connectivity index (χ4n) is 3.47. The van der Waals surface area contributed by atoms with Gasteiger partial charge in [-0.05, 0) is 54.8 Å². The van der Waals surface area contributed by atoms with Crippen LogP contribution >= 0.6 is 11.3 Å². The molecule has 0 amide bonds. The first-order chi connectivity index (χ1) is 16.1. The molecule has 8 heteroatoms. The Hall–Kier alpha value is -3.78. The summed E-state index contributed by atoms with van der Waals surface area (Å²) in [4.78, 5) is 17.4. The van der Waals surface area contributed by atoms with Crippen molar-refractivity contribution in [3.05, 3.63) is 87.6 Å². The molecule has 5 aromatic rings. The standard InChI is InChI=1S/C25H23N5O2S/c1-17(2)12-13-32-21-10-8-18(9-11-21)23-19(15-29(28-23)20-6-4-3-5-7-20)14-22-24(31)30-25(33-22)26-16-27-30/h3-11,14-17H,12-13H2,1-2H3/b22-14-. The van der Waals surface area contributed by atoms with E-state index in [1.807, 2.05) is 71.6 Å². The molecule has 0 radical (unpaired) electrons. The predicted molar refractivity (Wildman–Crippen MR) is 130 cm³/mol. The van der Waals surface area contributed by atoms with Crippen molar-refractivity contribution in [2.24, 2.45) is 5.92 Å². The molecule has 3 heterocycles. The maximum absolute atomic E-state index is 12.7. The average molecular weight is 458 g/mol. The van der Waals surface area contributed by atoms with E-state index in [2.05, 4.69) is 23.9 Å². The third-order valence-electron chi connectivity index (χ3n) is 5.26. The molecule has 7 nitrogen and oxygen atoms in total. The van der Waals surface area contributed by atoms with Crippen LogP contribution in [0, 0.1) is 5.92 Å². The fourth-order valence-corrected chi connectivity index (χ4v) is 4.34. The van der Waals surface area contributed by atoms with Crippen LogP contribution < -0.4 is 14.8 Å². The van der Waals surface area contributed by atoms with Crippen LogP contribution in [0.2, 0.25) is 0 Å². The van der Waals surface area contributed by atoms with Gasteiger partial charge in [-0.25, -0.2) is 9.67 Å². The van der Waals surface area contributed by atoms with E-state index in [1.165, 1.54) is 22.2 Å². The molecule has 0 unspecified atom stereocenters. The van der Waals surface area contributed by atoms with Crippen molar-refractivity contribution in [2.45, 2.75) is 20.3 Å². The summed E-state index contributed by atoms with van der Waals surface area (Å²) in [6.07, 6.45) is 6.20. The van der Waals surface area contributed by atoms with Crippen LogP contribution in [0.25, 0.3) is 28.0 Å². The highest BCUT2D eigenvalue weighted by Crippen LogP contribution is 2.26. The van der Waals surface area contributed by atoms with Gasteiger partial charge < -0.3 is 4.74 Å². The summed E-state index contributed by atoms with van der Waals surface area (Å²) < 4.78 is 9.57. The van der Waals surface area contributed by atoms with Crippen molar-refractivity contribution in [1.29, 1.82) is 0 Å². The third kappa shape index (κ3) is 4.42. The van der Waals surface area contributed by atoms with Crippen molar-refractivity contribution >= 4 is 22.4 Å². The summed E-state index contributed by atoms with van der Waals surface area (Å²) in [7, 11) is 0. The van der Waals surface area contributed by atoms with Gasteiger partial charge in [-0.2, -0.15) is 14.7 Å². The number of ether oxygens (including phenoxy) is 1. The Kier molecular flexibility index (Phi) is 5.75. The summed E-state index contributed by atoms with van der Waals surface area (Å²) in [5, 5.41) is 8.85. The number of para-hydroxylation sites is 1. The molecule has 0 spiro atoms. The minimum Gasteiger partial charge on any atom is -0.494 e. The van der Waals surface area contributed by atoms with E-state index in [0.717, 1.165) is 34.7 Å². The van der Waals surface area contributed by atoms with Gasteiger partial charge >= 0.3 is 0 Å². The molecule has 166 valence electrons. The molecule has 0 bridgehead atoms. The molecule has 0 fully saturated rings. The van der Waals surface area contributed by atoms with Crippen LogP contribution in [-0.4, -0.2) is 31.0 Å². The summed E-state index contributed by atoms with van der Waals surface area (Å²) in [6.45, 7) is 5.06. The Labute approximate surface area is 194 Å². The number of benzene rings is 2. The normalized spacial score (nSPS) is 12.2. The third-order valence-corrected chi connectivity index (χ3v) is 6.24. The Morgan fingerprint density at radius 2 is 1.88 bits per heavy atom. The number of rotatable bonds is 7. The van der Waals surface area contributed by atoms with Gasteiger partial charge in [-0.3, -0.25) is 4.79 Å². The number of hydrogen-bond acceptors (Lipinski definition) is 6. The van der Waals surface area contributed by atoms with Gasteiger partial charge in [0.2, 0.25) is 4.96 Å². The molecule has 2 aromatic carbocycles. The monoisotopic (exact) mass is 457 g/mol. The van der Waals surface area contributed by atoms with E-state index in [4.69, 9.17) is 9.84 Å². The molecule has 0 N–H and O–H groups in total. The molecule has 3 aromatic heterocycles. The lowest BCUT2D eigenvalue weighted by Crippen LogP contribution is -2.23. The Balaban J connectivity index is 1.55. The molecule has 0 aliphatic heterocycles. The number of nitrogens with zero attached hydrogens (tertiary/aromatic N) is 5. The van der Waals surface area contributed by atoms with Gasteiger partial charge in [0.1, 0.15) is 17.8 Å². The highest BCUT2D eigenvalue weighted by molar-refractivity contribution is 7.15. The van der Waals surface area contributed by atoms with Gasteiger partial charge in [-0.15, -0.1) is 0 Å². The first-order valence-electron chi connectivity index (χ1n) is 10.8. The Morgan fingerprint density at radius 3 is 2.61 bits per heavy atom. The first kappa shape index (κ1) is 21.1. The SMILES string of the molecule is CC(C)CCOc1ccc(-c2nn(-c3ccccc3)cc2/C=c2\sc3ncnn3c2=O)cc1. The maximum atomic E-state index is 12.7. The zero-order valence-corrected chi connectivity index (χ0v) is 19.2. The lowest BCUT2D eigenvalue weighted by molar-refractivity contribution is 0.289. The maximum Gasteiger partial charge on any atom is 0.291 e. The van der Waals surface area contributed by atoms with Gasteiger partial charge in [0.15, 0.2) is 0 Å². The van der Waals surface area contributed by atoms with Gasteiger partial charge in [0, 0.05) is 17.3 Å². The predicted octanol–water partition coefficient (Wildman–Crippen LogP) is 3.98.